The molecule has 2 N–H and O–H groups in total. The number of likely N-dealkylation sites (tertiary alicyclic amines) is 1. The molecule has 2 fully saturated rings. The molecule has 3 heterocycles. The molecule has 2 saturated heterocycles. The maximum absolute atomic E-state index is 12.7. The van der Waals surface area contributed by atoms with Crippen LogP contribution < -0.4 is 5.32 Å². The molecule has 0 saturated carbocycles. The van der Waals surface area contributed by atoms with Gasteiger partial charge in [0.1, 0.15) is 10.6 Å². The van der Waals surface area contributed by atoms with Crippen molar-refractivity contribution in [2.45, 2.75) is 30.8 Å². The van der Waals surface area contributed by atoms with E-state index < -0.39 is 10.0 Å². The van der Waals surface area contributed by atoms with Crippen molar-refractivity contribution in [2.24, 2.45) is 0 Å². The monoisotopic (exact) mass is 448 g/mol. The van der Waals surface area contributed by atoms with Gasteiger partial charge < -0.3 is 10.3 Å². The van der Waals surface area contributed by atoms with Gasteiger partial charge in [0, 0.05) is 43.9 Å². The van der Waals surface area contributed by atoms with Gasteiger partial charge in [-0.15, -0.1) is 0 Å². The Balaban J connectivity index is 1.32. The van der Waals surface area contributed by atoms with Gasteiger partial charge in [0.25, 0.3) is 5.91 Å². The number of hydrogen-bond acceptors (Lipinski definition) is 5. The second kappa shape index (κ2) is 9.55. The number of carbonyl (C=O) groups excluding carboxylic acids is 1. The molecule has 4 rings (SSSR count). The van der Waals surface area contributed by atoms with E-state index in [0.717, 1.165) is 23.6 Å². The molecule has 7 nitrogen and oxygen atoms in total. The summed E-state index contributed by atoms with van der Waals surface area (Å²) in [5.41, 5.74) is 2.55. The van der Waals surface area contributed by atoms with E-state index in [-0.39, 0.29) is 16.5 Å². The van der Waals surface area contributed by atoms with Crippen molar-refractivity contribution in [2.75, 3.05) is 37.7 Å². The lowest BCUT2D eigenvalue weighted by Gasteiger charge is -2.24. The molecule has 0 radical (unpaired) electrons. The molecule has 1 aromatic carbocycles. The van der Waals surface area contributed by atoms with E-state index in [9.17, 15) is 13.2 Å². The number of aromatic nitrogens is 1. The van der Waals surface area contributed by atoms with E-state index in [1.807, 2.05) is 12.1 Å². The predicted octanol–water partition coefficient (Wildman–Crippen LogP) is 2.28. The van der Waals surface area contributed by atoms with Crippen LogP contribution in [0.25, 0.3) is 0 Å². The van der Waals surface area contributed by atoms with E-state index in [1.54, 1.807) is 11.8 Å². The number of benzene rings is 1. The number of nitrogens with one attached hydrogen (secondary N) is 2. The molecule has 0 aliphatic carbocycles. The van der Waals surface area contributed by atoms with E-state index in [0.29, 0.717) is 19.6 Å². The maximum atomic E-state index is 12.7. The highest BCUT2D eigenvalue weighted by molar-refractivity contribution is 7.99. The Hall–Kier alpha value is -1.81. The Morgan fingerprint density at radius 2 is 1.70 bits per heavy atom. The number of thioether (sulfide) groups is 1. The normalized spacial score (nSPS) is 18.5. The first-order valence-electron chi connectivity index (χ1n) is 10.4. The van der Waals surface area contributed by atoms with Gasteiger partial charge in [0.2, 0.25) is 10.0 Å². The summed E-state index contributed by atoms with van der Waals surface area (Å²) in [6, 6.07) is 9.70. The number of carbonyl (C=O) groups is 1. The molecule has 0 spiro atoms. The first kappa shape index (κ1) is 21.4. The van der Waals surface area contributed by atoms with E-state index >= 15 is 0 Å². The van der Waals surface area contributed by atoms with E-state index in [2.05, 4.69) is 27.3 Å². The summed E-state index contributed by atoms with van der Waals surface area (Å²) in [5, 5.41) is 2.86. The number of hydrogen-bond donors (Lipinski definition) is 2. The van der Waals surface area contributed by atoms with Gasteiger partial charge in [0.05, 0.1) is 0 Å². The first-order chi connectivity index (χ1) is 14.5. The third kappa shape index (κ3) is 5.08. The summed E-state index contributed by atoms with van der Waals surface area (Å²) in [6.45, 7) is 4.72. The zero-order valence-electron chi connectivity index (χ0n) is 17.0. The lowest BCUT2D eigenvalue weighted by atomic mass is 10.1. The number of rotatable bonds is 7. The summed E-state index contributed by atoms with van der Waals surface area (Å²) >= 11 is 1.75. The summed E-state index contributed by atoms with van der Waals surface area (Å²) in [4.78, 5) is 17.9. The topological polar surface area (TPSA) is 85.5 Å². The predicted molar refractivity (Wildman–Crippen MR) is 119 cm³/mol. The van der Waals surface area contributed by atoms with Crippen LogP contribution in [0.2, 0.25) is 0 Å². The second-order valence-electron chi connectivity index (χ2n) is 7.75. The average Bonchev–Trinajstić information content (AvgIpc) is 3.46. The van der Waals surface area contributed by atoms with Crippen LogP contribution in [0.15, 0.2) is 41.4 Å². The standard InChI is InChI=1S/C21H28N4O3S2/c26-21(20-13-19(15-22-20)30(27,28)25-9-11-29-12-10-25)23-14-17-3-5-18(6-4-17)16-24-7-1-2-8-24/h3-6,13,15,22H,1-2,7-12,14,16H2,(H,23,26). The molecule has 0 atom stereocenters. The van der Waals surface area contributed by atoms with Crippen LogP contribution in [0.4, 0.5) is 0 Å². The Labute approximate surface area is 182 Å². The fourth-order valence-corrected chi connectivity index (χ4v) is 6.40. The van der Waals surface area contributed by atoms with Crippen molar-refractivity contribution in [3.05, 3.63) is 53.3 Å². The van der Waals surface area contributed by atoms with Gasteiger partial charge in [-0.1, -0.05) is 24.3 Å². The summed E-state index contributed by atoms with van der Waals surface area (Å²) in [6.07, 6.45) is 3.96. The van der Waals surface area contributed by atoms with Crippen molar-refractivity contribution in [1.82, 2.24) is 19.5 Å². The van der Waals surface area contributed by atoms with Crippen LogP contribution >= 0.6 is 11.8 Å². The number of nitrogens with zero attached hydrogens (tertiary/aromatic N) is 2. The summed E-state index contributed by atoms with van der Waals surface area (Å²) < 4.78 is 26.9. The van der Waals surface area contributed by atoms with Gasteiger partial charge in [0.15, 0.2) is 0 Å². The van der Waals surface area contributed by atoms with Crippen molar-refractivity contribution in [1.29, 1.82) is 0 Å². The number of sulfonamides is 1. The molecular formula is C21H28N4O3S2. The van der Waals surface area contributed by atoms with Crippen molar-refractivity contribution < 1.29 is 13.2 Å². The zero-order valence-corrected chi connectivity index (χ0v) is 18.6. The van der Waals surface area contributed by atoms with Crippen molar-refractivity contribution >= 4 is 27.7 Å². The molecule has 2 aliphatic heterocycles. The van der Waals surface area contributed by atoms with Crippen LogP contribution in [0, 0.1) is 0 Å². The van der Waals surface area contributed by atoms with Gasteiger partial charge in [-0.05, 0) is 43.1 Å². The first-order valence-corrected chi connectivity index (χ1v) is 13.0. The second-order valence-corrected chi connectivity index (χ2v) is 10.9. The SMILES string of the molecule is O=C(NCc1ccc(CN2CCCC2)cc1)c1cc(S(=O)(=O)N2CCSCC2)c[nH]1. The van der Waals surface area contributed by atoms with Gasteiger partial charge in [-0.25, -0.2) is 8.42 Å². The third-order valence-corrected chi connectivity index (χ3v) is 8.41. The molecule has 0 unspecified atom stereocenters. The largest absolute Gasteiger partial charge is 0.356 e. The molecule has 0 bridgehead atoms. The molecule has 2 aromatic rings. The van der Waals surface area contributed by atoms with Gasteiger partial charge in [-0.3, -0.25) is 9.69 Å². The Morgan fingerprint density at radius 3 is 2.40 bits per heavy atom. The van der Waals surface area contributed by atoms with Gasteiger partial charge in [-0.2, -0.15) is 16.1 Å². The van der Waals surface area contributed by atoms with Crippen LogP contribution in [0.1, 0.15) is 34.5 Å². The lowest BCUT2D eigenvalue weighted by Crippen LogP contribution is -2.37. The fourth-order valence-electron chi connectivity index (χ4n) is 3.83. The van der Waals surface area contributed by atoms with Crippen molar-refractivity contribution in [3.8, 4) is 0 Å². The van der Waals surface area contributed by atoms with Crippen LogP contribution in [-0.2, 0) is 23.1 Å². The Bertz CT molecular complexity index is 960. The third-order valence-electron chi connectivity index (χ3n) is 5.59. The maximum Gasteiger partial charge on any atom is 0.268 e. The highest BCUT2D eigenvalue weighted by Crippen LogP contribution is 2.21. The minimum atomic E-state index is -3.55. The fraction of sp³-hybridized carbons (Fsp3) is 0.476. The minimum Gasteiger partial charge on any atom is -0.356 e. The summed E-state index contributed by atoms with van der Waals surface area (Å²) in [7, 11) is -3.55. The number of H-pyrrole nitrogens is 1. The smallest absolute Gasteiger partial charge is 0.268 e. The molecule has 1 aromatic heterocycles. The van der Waals surface area contributed by atoms with Gasteiger partial charge >= 0.3 is 0 Å². The molecule has 9 heteroatoms. The molecule has 1 amide bonds. The molecule has 30 heavy (non-hydrogen) atoms. The van der Waals surface area contributed by atoms with Crippen molar-refractivity contribution in [3.63, 3.8) is 0 Å². The quantitative estimate of drug-likeness (QED) is 0.679. The molecular weight excluding hydrogens is 420 g/mol. The summed E-state index contributed by atoms with van der Waals surface area (Å²) in [5.74, 6) is 1.29. The average molecular weight is 449 g/mol. The van der Waals surface area contributed by atoms with E-state index in [4.69, 9.17) is 0 Å². The zero-order chi connectivity index (χ0) is 21.0. The van der Waals surface area contributed by atoms with Crippen LogP contribution in [0.5, 0.6) is 0 Å². The highest BCUT2D eigenvalue weighted by Gasteiger charge is 2.27. The lowest BCUT2D eigenvalue weighted by molar-refractivity contribution is 0.0946. The van der Waals surface area contributed by atoms with Crippen LogP contribution in [-0.4, -0.2) is 66.2 Å². The molecule has 2 aliphatic rings. The Kier molecular flexibility index (Phi) is 6.82. The Morgan fingerprint density at radius 1 is 1.03 bits per heavy atom. The van der Waals surface area contributed by atoms with E-state index in [1.165, 1.54) is 48.1 Å². The number of aromatic amines is 1. The highest BCUT2D eigenvalue weighted by atomic mass is 32.2. The minimum absolute atomic E-state index is 0.144. The number of amides is 1. The molecule has 162 valence electrons. The van der Waals surface area contributed by atoms with Crippen LogP contribution in [0.3, 0.4) is 0 Å².